The fourth-order valence-corrected chi connectivity index (χ4v) is 3.31. The summed E-state index contributed by atoms with van der Waals surface area (Å²) in [4.78, 5) is 14.6. The minimum absolute atomic E-state index is 0.0314. The number of amidine groups is 1. The normalized spacial score (nSPS) is 34.9. The van der Waals surface area contributed by atoms with E-state index in [1.54, 1.807) is 0 Å². The molecule has 0 spiro atoms. The van der Waals surface area contributed by atoms with Gasteiger partial charge in [0.25, 0.3) is 0 Å². The molecule has 5 nitrogen and oxygen atoms in total. The van der Waals surface area contributed by atoms with E-state index in [1.165, 1.54) is 0 Å². The molecule has 0 radical (unpaired) electrons. The van der Waals surface area contributed by atoms with Gasteiger partial charge in [-0.3, -0.25) is 4.79 Å². The van der Waals surface area contributed by atoms with E-state index in [0.29, 0.717) is 12.2 Å². The Morgan fingerprint density at radius 3 is 2.83 bits per heavy atom. The summed E-state index contributed by atoms with van der Waals surface area (Å²) >= 11 is 0. The lowest BCUT2D eigenvalue weighted by Gasteiger charge is -2.38. The molecule has 0 amide bonds. The summed E-state index contributed by atoms with van der Waals surface area (Å²) in [6, 6.07) is 0.194. The molecule has 1 aliphatic carbocycles. The molecule has 1 saturated carbocycles. The Bertz CT molecular complexity index is 386. The lowest BCUT2D eigenvalue weighted by Crippen LogP contribution is -2.51. The zero-order chi connectivity index (χ0) is 12.8. The Kier molecular flexibility index (Phi) is 2.81. The average Bonchev–Trinajstić information content (AvgIpc) is 2.72. The highest BCUT2D eigenvalue weighted by molar-refractivity contribution is 6.06. The van der Waals surface area contributed by atoms with Crippen molar-refractivity contribution in [1.82, 2.24) is 10.3 Å². The molecule has 2 fully saturated rings. The lowest BCUT2D eigenvalue weighted by atomic mass is 9.69. The molecule has 2 heterocycles. The first kappa shape index (κ1) is 12.0. The molecule has 2 aliphatic heterocycles. The van der Waals surface area contributed by atoms with E-state index in [9.17, 15) is 4.79 Å². The van der Waals surface area contributed by atoms with Crippen molar-refractivity contribution in [3.05, 3.63) is 0 Å². The van der Waals surface area contributed by atoms with Crippen molar-refractivity contribution in [2.75, 3.05) is 26.3 Å². The van der Waals surface area contributed by atoms with Crippen molar-refractivity contribution in [3.63, 3.8) is 0 Å². The lowest BCUT2D eigenvalue weighted by molar-refractivity contribution is -0.126. The number of nitrogens with zero attached hydrogens (tertiary/aromatic N) is 2. The highest BCUT2D eigenvalue weighted by atomic mass is 16.5. The monoisotopic (exact) mass is 251 g/mol. The molecule has 1 N–H and O–H groups in total. The second kappa shape index (κ2) is 4.23. The number of fused-ring (bicyclic) bond motifs is 1. The number of ether oxygens (including phenoxy) is 1. The van der Waals surface area contributed by atoms with Crippen LogP contribution in [0.3, 0.4) is 0 Å². The zero-order valence-electron chi connectivity index (χ0n) is 11.1. The van der Waals surface area contributed by atoms with Gasteiger partial charge in [-0.25, -0.2) is 0 Å². The van der Waals surface area contributed by atoms with Crippen LogP contribution in [0.1, 0.15) is 26.7 Å². The molecule has 100 valence electrons. The van der Waals surface area contributed by atoms with Crippen LogP contribution in [0, 0.1) is 11.3 Å². The zero-order valence-corrected chi connectivity index (χ0v) is 11.1. The Labute approximate surface area is 108 Å². The van der Waals surface area contributed by atoms with E-state index < -0.39 is 0 Å². The van der Waals surface area contributed by atoms with E-state index in [2.05, 4.69) is 29.3 Å². The van der Waals surface area contributed by atoms with Gasteiger partial charge in [-0.1, -0.05) is 13.8 Å². The molecule has 2 atom stereocenters. The van der Waals surface area contributed by atoms with Gasteiger partial charge in [0.2, 0.25) is 0 Å². The number of hydrogen-bond acceptors (Lipinski definition) is 5. The van der Waals surface area contributed by atoms with E-state index >= 15 is 0 Å². The third-order valence-corrected chi connectivity index (χ3v) is 4.13. The Balaban J connectivity index is 1.77. The van der Waals surface area contributed by atoms with Crippen LogP contribution in [0.2, 0.25) is 0 Å². The highest BCUT2D eigenvalue weighted by Crippen LogP contribution is 2.39. The molecule has 3 aliphatic rings. The number of carbonyl (C=O) groups is 1. The molecule has 18 heavy (non-hydrogen) atoms. The van der Waals surface area contributed by atoms with Gasteiger partial charge in [0.15, 0.2) is 0 Å². The predicted octanol–water partition coefficient (Wildman–Crippen LogP) is 0.609. The summed E-state index contributed by atoms with van der Waals surface area (Å²) in [5, 5.41) is 4.44. The second-order valence-electron chi connectivity index (χ2n) is 6.29. The minimum atomic E-state index is -0.0314. The van der Waals surface area contributed by atoms with Crippen LogP contribution < -0.4 is 5.43 Å². The van der Waals surface area contributed by atoms with Crippen LogP contribution in [0.5, 0.6) is 0 Å². The molecule has 0 bridgehead atoms. The van der Waals surface area contributed by atoms with Crippen molar-refractivity contribution < 1.29 is 9.53 Å². The van der Waals surface area contributed by atoms with Gasteiger partial charge in [0.05, 0.1) is 25.2 Å². The summed E-state index contributed by atoms with van der Waals surface area (Å²) in [5.74, 6) is 1.26. The number of Topliss-reactive ketones (excluding diaryl/α,β-unsaturated/α-hetero) is 1. The Hall–Kier alpha value is -1.10. The first-order valence-corrected chi connectivity index (χ1v) is 6.75. The number of morpholine rings is 1. The van der Waals surface area contributed by atoms with Crippen LogP contribution >= 0.6 is 0 Å². The predicted molar refractivity (Wildman–Crippen MR) is 68.3 cm³/mol. The van der Waals surface area contributed by atoms with Crippen LogP contribution in [0.15, 0.2) is 5.10 Å². The quantitative estimate of drug-likeness (QED) is 0.685. The molecular formula is C13H21N3O2. The van der Waals surface area contributed by atoms with Gasteiger partial charge >= 0.3 is 0 Å². The highest BCUT2D eigenvalue weighted by Gasteiger charge is 2.47. The summed E-state index contributed by atoms with van der Waals surface area (Å²) in [5.41, 5.74) is 3.28. The van der Waals surface area contributed by atoms with Gasteiger partial charge in [0, 0.05) is 19.5 Å². The van der Waals surface area contributed by atoms with Gasteiger partial charge in [-0.15, -0.1) is 0 Å². The Morgan fingerprint density at radius 1 is 1.39 bits per heavy atom. The van der Waals surface area contributed by atoms with E-state index in [1.807, 2.05) is 0 Å². The molecule has 0 aromatic rings. The van der Waals surface area contributed by atoms with Crippen LogP contribution in [-0.2, 0) is 9.53 Å². The molecular weight excluding hydrogens is 230 g/mol. The molecule has 2 unspecified atom stereocenters. The van der Waals surface area contributed by atoms with Crippen molar-refractivity contribution in [3.8, 4) is 0 Å². The number of rotatable bonds is 0. The van der Waals surface area contributed by atoms with Crippen molar-refractivity contribution in [2.24, 2.45) is 16.4 Å². The number of nitrogens with one attached hydrogen (secondary N) is 1. The maximum absolute atomic E-state index is 12.4. The molecule has 1 saturated heterocycles. The van der Waals surface area contributed by atoms with Gasteiger partial charge in [0.1, 0.15) is 11.6 Å². The fraction of sp³-hybridized carbons (Fsp3) is 0.846. The van der Waals surface area contributed by atoms with E-state index in [0.717, 1.165) is 38.6 Å². The average molecular weight is 251 g/mol. The van der Waals surface area contributed by atoms with E-state index in [-0.39, 0.29) is 17.4 Å². The van der Waals surface area contributed by atoms with Crippen molar-refractivity contribution in [1.29, 1.82) is 0 Å². The SMILES string of the molecule is CC1(C)CC(=O)C2C(N3CCOCC3)=NNC2C1. The van der Waals surface area contributed by atoms with Gasteiger partial charge in [-0.2, -0.15) is 5.10 Å². The maximum atomic E-state index is 12.4. The fourth-order valence-electron chi connectivity index (χ4n) is 3.31. The van der Waals surface area contributed by atoms with E-state index in [4.69, 9.17) is 4.74 Å². The number of hydrogen-bond donors (Lipinski definition) is 1. The smallest absolute Gasteiger partial charge is 0.146 e. The number of carbonyl (C=O) groups excluding carboxylic acids is 1. The largest absolute Gasteiger partial charge is 0.378 e. The second-order valence-corrected chi connectivity index (χ2v) is 6.29. The molecule has 5 heteroatoms. The molecule has 0 aromatic heterocycles. The van der Waals surface area contributed by atoms with Crippen LogP contribution in [0.25, 0.3) is 0 Å². The van der Waals surface area contributed by atoms with Crippen LogP contribution in [0.4, 0.5) is 0 Å². The topological polar surface area (TPSA) is 53.9 Å². The summed E-state index contributed by atoms with van der Waals surface area (Å²) < 4.78 is 5.35. The summed E-state index contributed by atoms with van der Waals surface area (Å²) in [6.45, 7) is 7.48. The van der Waals surface area contributed by atoms with Crippen LogP contribution in [-0.4, -0.2) is 48.9 Å². The van der Waals surface area contributed by atoms with Crippen molar-refractivity contribution in [2.45, 2.75) is 32.7 Å². The number of hydrazone groups is 1. The first-order chi connectivity index (χ1) is 8.57. The summed E-state index contributed by atoms with van der Waals surface area (Å²) in [6.07, 6.45) is 1.68. The van der Waals surface area contributed by atoms with Gasteiger partial charge < -0.3 is 15.1 Å². The minimum Gasteiger partial charge on any atom is -0.378 e. The maximum Gasteiger partial charge on any atom is 0.146 e. The molecule has 0 aromatic carbocycles. The van der Waals surface area contributed by atoms with Gasteiger partial charge in [-0.05, 0) is 11.8 Å². The Morgan fingerprint density at radius 2 is 2.11 bits per heavy atom. The third-order valence-electron chi connectivity index (χ3n) is 4.13. The third kappa shape index (κ3) is 2.00. The van der Waals surface area contributed by atoms with Crippen molar-refractivity contribution >= 4 is 11.6 Å². The standard InChI is InChI=1S/C13H21N3O2/c1-13(2)7-9-11(10(17)8-13)12(15-14-9)16-3-5-18-6-4-16/h9,11,14H,3-8H2,1-2H3. The number of ketones is 1. The first-order valence-electron chi connectivity index (χ1n) is 6.75. The summed E-state index contributed by atoms with van der Waals surface area (Å²) in [7, 11) is 0. The molecule has 3 rings (SSSR count).